The maximum absolute atomic E-state index is 13.1. The summed E-state index contributed by atoms with van der Waals surface area (Å²) in [4.78, 5) is 13.1. The van der Waals surface area contributed by atoms with Crippen molar-refractivity contribution in [2.45, 2.75) is 65.5 Å². The third-order valence-corrected chi connectivity index (χ3v) is 8.23. The number of carbonyl (C=O) groups excluding carboxylic acids is 1. The highest BCUT2D eigenvalue weighted by molar-refractivity contribution is 7.92. The number of sulfonamides is 1. The van der Waals surface area contributed by atoms with E-state index in [1.54, 1.807) is 12.1 Å². The number of anilines is 1. The third kappa shape index (κ3) is 5.81. The molecular weight excluding hydrogens is 468 g/mol. The van der Waals surface area contributed by atoms with E-state index in [0.29, 0.717) is 11.3 Å². The van der Waals surface area contributed by atoms with Crippen molar-refractivity contribution >= 4 is 21.6 Å². The van der Waals surface area contributed by atoms with Crippen LogP contribution in [0.4, 0.5) is 5.69 Å². The molecule has 0 unspecified atom stereocenters. The molecule has 1 N–H and O–H groups in total. The van der Waals surface area contributed by atoms with Gasteiger partial charge in [0.05, 0.1) is 24.5 Å². The lowest BCUT2D eigenvalue weighted by Gasteiger charge is -2.26. The predicted octanol–water partition coefficient (Wildman–Crippen LogP) is 6.03. The highest BCUT2D eigenvalue weighted by Crippen LogP contribution is 2.29. The Bertz CT molecular complexity index is 1330. The van der Waals surface area contributed by atoms with E-state index < -0.39 is 10.0 Å². The van der Waals surface area contributed by atoms with Gasteiger partial charge in [0.1, 0.15) is 0 Å². The van der Waals surface area contributed by atoms with Crippen molar-refractivity contribution in [3.8, 4) is 0 Å². The maximum atomic E-state index is 13.1. The predicted molar refractivity (Wildman–Crippen MR) is 147 cm³/mol. The monoisotopic (exact) mass is 504 g/mol. The minimum Gasteiger partial charge on any atom is -0.345 e. The van der Waals surface area contributed by atoms with Gasteiger partial charge in [0.25, 0.3) is 5.91 Å². The Hall–Kier alpha value is -3.12. The number of aryl methyl sites for hydroxylation is 4. The molecule has 0 bridgehead atoms. The fraction of sp³-hybridized carbons (Fsp3) is 0.367. The average molecular weight is 505 g/mol. The topological polar surface area (TPSA) is 66.5 Å². The lowest BCUT2D eigenvalue weighted by Crippen LogP contribution is -2.31. The molecule has 1 amide bonds. The van der Waals surface area contributed by atoms with Crippen LogP contribution in [0.3, 0.4) is 0 Å². The Morgan fingerprint density at radius 3 is 2.19 bits per heavy atom. The van der Waals surface area contributed by atoms with Gasteiger partial charge in [-0.2, -0.15) is 0 Å². The summed E-state index contributed by atoms with van der Waals surface area (Å²) in [6, 6.07) is 19.6. The molecule has 0 aliphatic heterocycles. The van der Waals surface area contributed by atoms with Crippen molar-refractivity contribution in [1.82, 2.24) is 5.32 Å². The average Bonchev–Trinajstić information content (AvgIpc) is 2.86. The van der Waals surface area contributed by atoms with Crippen molar-refractivity contribution in [2.24, 2.45) is 0 Å². The number of fused-ring (bicyclic) bond motifs is 1. The van der Waals surface area contributed by atoms with Crippen molar-refractivity contribution in [2.75, 3.05) is 10.6 Å². The zero-order chi connectivity index (χ0) is 25.9. The molecule has 4 rings (SSSR count). The Morgan fingerprint density at radius 1 is 0.944 bits per heavy atom. The molecule has 0 aromatic heterocycles. The fourth-order valence-electron chi connectivity index (χ4n) is 5.12. The molecule has 3 aromatic carbocycles. The first-order chi connectivity index (χ1) is 17.2. The number of amides is 1. The summed E-state index contributed by atoms with van der Waals surface area (Å²) < 4.78 is 26.8. The second-order valence-corrected chi connectivity index (χ2v) is 11.8. The number of para-hydroxylation sites is 1. The standard InChI is InChI=1S/C30H36N2O3S/c1-5-28(27-18-17-24-11-6-7-12-26(24)19-27)31-30(33)25-15-13-23(14-16-25)20-32(36(4,34)35)29-21(2)9-8-10-22(29)3/h8-10,13-19,28H,5-7,11-12,20H2,1-4H3,(H,31,33)/t28-/m0/s1. The number of benzene rings is 3. The van der Waals surface area contributed by atoms with E-state index in [2.05, 4.69) is 30.4 Å². The zero-order valence-corrected chi connectivity index (χ0v) is 22.5. The van der Waals surface area contributed by atoms with E-state index in [1.165, 1.54) is 34.5 Å². The second-order valence-electron chi connectivity index (χ2n) is 9.88. The Morgan fingerprint density at radius 2 is 1.58 bits per heavy atom. The number of rotatable bonds is 8. The molecule has 6 heteroatoms. The summed E-state index contributed by atoms with van der Waals surface area (Å²) in [5.74, 6) is -0.124. The lowest BCUT2D eigenvalue weighted by molar-refractivity contribution is 0.0935. The first-order valence-electron chi connectivity index (χ1n) is 12.7. The molecule has 0 fully saturated rings. The van der Waals surface area contributed by atoms with Crippen molar-refractivity contribution in [3.05, 3.63) is 99.6 Å². The van der Waals surface area contributed by atoms with Crippen LogP contribution in [0.1, 0.15) is 76.0 Å². The molecule has 0 spiro atoms. The lowest BCUT2D eigenvalue weighted by atomic mass is 9.88. The van der Waals surface area contributed by atoms with Gasteiger partial charge >= 0.3 is 0 Å². The molecule has 1 aliphatic rings. The highest BCUT2D eigenvalue weighted by Gasteiger charge is 2.22. The maximum Gasteiger partial charge on any atom is 0.251 e. The van der Waals surface area contributed by atoms with Crippen LogP contribution < -0.4 is 9.62 Å². The molecule has 3 aromatic rings. The van der Waals surface area contributed by atoms with E-state index in [4.69, 9.17) is 0 Å². The molecular formula is C30H36N2O3S. The Labute approximate surface area is 215 Å². The van der Waals surface area contributed by atoms with Gasteiger partial charge < -0.3 is 5.32 Å². The van der Waals surface area contributed by atoms with E-state index in [9.17, 15) is 13.2 Å². The Kier molecular flexibility index (Phi) is 7.84. The summed E-state index contributed by atoms with van der Waals surface area (Å²) in [5.41, 5.74) is 7.90. The van der Waals surface area contributed by atoms with Crippen LogP contribution in [0.15, 0.2) is 60.7 Å². The van der Waals surface area contributed by atoms with Crippen molar-refractivity contribution in [3.63, 3.8) is 0 Å². The van der Waals surface area contributed by atoms with E-state index >= 15 is 0 Å². The van der Waals surface area contributed by atoms with E-state index in [-0.39, 0.29) is 18.5 Å². The summed E-state index contributed by atoms with van der Waals surface area (Å²) in [6.07, 6.45) is 6.77. The van der Waals surface area contributed by atoms with E-state index in [0.717, 1.165) is 41.5 Å². The minimum absolute atomic E-state index is 0.0471. The largest absolute Gasteiger partial charge is 0.345 e. The first-order valence-corrected chi connectivity index (χ1v) is 14.6. The van der Waals surface area contributed by atoms with Crippen LogP contribution in [0.2, 0.25) is 0 Å². The van der Waals surface area contributed by atoms with Gasteiger partial charge in [-0.15, -0.1) is 0 Å². The summed E-state index contributed by atoms with van der Waals surface area (Å²) in [5, 5.41) is 3.19. The van der Waals surface area contributed by atoms with Gasteiger partial charge in [-0.1, -0.05) is 55.5 Å². The van der Waals surface area contributed by atoms with Gasteiger partial charge in [0, 0.05) is 5.56 Å². The van der Waals surface area contributed by atoms with E-state index in [1.807, 2.05) is 44.2 Å². The van der Waals surface area contributed by atoms with Gasteiger partial charge in [-0.3, -0.25) is 9.10 Å². The van der Waals surface area contributed by atoms with Gasteiger partial charge in [-0.25, -0.2) is 8.42 Å². The smallest absolute Gasteiger partial charge is 0.251 e. The molecule has 1 atom stereocenters. The van der Waals surface area contributed by atoms with Crippen LogP contribution in [-0.4, -0.2) is 20.6 Å². The highest BCUT2D eigenvalue weighted by atomic mass is 32.2. The fourth-order valence-corrected chi connectivity index (χ4v) is 6.12. The summed E-state index contributed by atoms with van der Waals surface area (Å²) in [6.45, 7) is 6.13. The van der Waals surface area contributed by atoms with Gasteiger partial charge in [0.15, 0.2) is 0 Å². The molecule has 36 heavy (non-hydrogen) atoms. The van der Waals surface area contributed by atoms with Gasteiger partial charge in [-0.05, 0) is 91.5 Å². The van der Waals surface area contributed by atoms with Crippen LogP contribution in [0.25, 0.3) is 0 Å². The number of nitrogens with one attached hydrogen (secondary N) is 1. The zero-order valence-electron chi connectivity index (χ0n) is 21.7. The number of nitrogens with zero attached hydrogens (tertiary/aromatic N) is 1. The molecule has 0 saturated heterocycles. The minimum atomic E-state index is -3.49. The molecule has 0 radical (unpaired) electrons. The van der Waals surface area contributed by atoms with Crippen LogP contribution >= 0.6 is 0 Å². The third-order valence-electron chi connectivity index (χ3n) is 7.12. The quantitative estimate of drug-likeness (QED) is 0.407. The molecule has 0 saturated carbocycles. The number of carbonyl (C=O) groups is 1. The van der Waals surface area contributed by atoms with Crippen molar-refractivity contribution < 1.29 is 13.2 Å². The molecule has 5 nitrogen and oxygen atoms in total. The first kappa shape index (κ1) is 26.0. The summed E-state index contributed by atoms with van der Waals surface area (Å²) >= 11 is 0. The van der Waals surface area contributed by atoms with Crippen LogP contribution in [0.5, 0.6) is 0 Å². The van der Waals surface area contributed by atoms with Gasteiger partial charge in [0.2, 0.25) is 10.0 Å². The second kappa shape index (κ2) is 10.9. The molecule has 190 valence electrons. The Balaban J connectivity index is 1.49. The van der Waals surface area contributed by atoms with Crippen LogP contribution in [-0.2, 0) is 29.4 Å². The number of hydrogen-bond acceptors (Lipinski definition) is 3. The van der Waals surface area contributed by atoms with Crippen LogP contribution in [0, 0.1) is 13.8 Å². The SMILES string of the molecule is CC[C@H](NC(=O)c1ccc(CN(c2c(C)cccc2C)S(C)(=O)=O)cc1)c1ccc2c(c1)CCCC2. The molecule has 1 aliphatic carbocycles. The van der Waals surface area contributed by atoms with Crippen molar-refractivity contribution in [1.29, 1.82) is 0 Å². The number of hydrogen-bond donors (Lipinski definition) is 1. The summed E-state index contributed by atoms with van der Waals surface area (Å²) in [7, 11) is -3.49. The molecule has 0 heterocycles. The normalized spacial score (nSPS) is 14.1.